The summed E-state index contributed by atoms with van der Waals surface area (Å²) in [6.45, 7) is 0. The van der Waals surface area contributed by atoms with Gasteiger partial charge in [0, 0.05) is 0 Å². The minimum absolute atomic E-state index is 0.326. The molecule has 0 bridgehead atoms. The Bertz CT molecular complexity index is 325. The van der Waals surface area contributed by atoms with Crippen molar-refractivity contribution in [1.82, 2.24) is 0 Å². The minimum atomic E-state index is 0.326. The molecule has 0 aliphatic rings. The van der Waals surface area contributed by atoms with E-state index >= 15 is 0 Å². The zero-order valence-corrected chi connectivity index (χ0v) is 14.0. The zero-order valence-electron chi connectivity index (χ0n) is 11.6. The lowest BCUT2D eigenvalue weighted by Gasteiger charge is -2.27. The zero-order chi connectivity index (χ0) is 13.4. The highest BCUT2D eigenvalue weighted by Gasteiger charge is 2.25. The summed E-state index contributed by atoms with van der Waals surface area (Å²) in [5, 5.41) is 0. The second-order valence-electron chi connectivity index (χ2n) is 4.00. The average Bonchev–Trinajstić information content (AvgIpc) is 2.45. The molecule has 0 amide bonds. The van der Waals surface area contributed by atoms with Crippen LogP contribution in [0.5, 0.6) is 5.75 Å². The van der Waals surface area contributed by atoms with Crippen molar-refractivity contribution in [3.63, 3.8) is 0 Å². The number of hydrogen-bond donors (Lipinski definition) is 0. The van der Waals surface area contributed by atoms with Gasteiger partial charge in [0.1, 0.15) is 9.16 Å². The lowest BCUT2D eigenvalue weighted by molar-refractivity contribution is 0.414. The molecule has 0 unspecified atom stereocenters. The van der Waals surface area contributed by atoms with Crippen molar-refractivity contribution < 1.29 is 4.74 Å². The number of hydrogen-bond acceptors (Lipinski definition) is 4. The van der Waals surface area contributed by atoms with Crippen LogP contribution in [0.4, 0.5) is 0 Å². The molecule has 1 rings (SSSR count). The van der Waals surface area contributed by atoms with Crippen LogP contribution in [-0.2, 0) is 6.42 Å². The molecular weight excluding hydrogens is 280 g/mol. The summed E-state index contributed by atoms with van der Waals surface area (Å²) in [6.07, 6.45) is 10.2. The molecule has 0 aliphatic carbocycles. The number of ether oxygens (including phenoxy) is 1. The molecule has 0 saturated heterocycles. The van der Waals surface area contributed by atoms with E-state index < -0.39 is 0 Å². The Labute approximate surface area is 124 Å². The van der Waals surface area contributed by atoms with E-state index in [1.54, 1.807) is 7.11 Å². The maximum Gasteiger partial charge on any atom is 0.118 e. The minimum Gasteiger partial charge on any atom is -0.497 e. The van der Waals surface area contributed by atoms with Crippen molar-refractivity contribution in [2.45, 2.75) is 22.7 Å². The number of thioether (sulfide) groups is 3. The molecule has 0 fully saturated rings. The van der Waals surface area contributed by atoms with Crippen molar-refractivity contribution in [3.05, 3.63) is 29.8 Å². The normalized spacial score (nSPS) is 11.6. The van der Waals surface area contributed by atoms with Crippen molar-refractivity contribution in [3.8, 4) is 5.75 Å². The SMILES string of the molecule is COc1ccc(CCCC(SC)(SC)SC)cc1. The summed E-state index contributed by atoms with van der Waals surface area (Å²) in [4.78, 5) is 0. The van der Waals surface area contributed by atoms with Gasteiger partial charge in [-0.1, -0.05) is 12.1 Å². The standard InChI is InChI=1S/C14H22OS3/c1-15-13-9-7-12(8-10-13)6-5-11-14(16-2,17-3)18-4/h7-10H,5-6,11H2,1-4H3. The third-order valence-corrected chi connectivity index (χ3v) is 8.52. The van der Waals surface area contributed by atoms with E-state index in [0.717, 1.165) is 12.2 Å². The van der Waals surface area contributed by atoms with Gasteiger partial charge in [0.15, 0.2) is 0 Å². The molecular formula is C14H22OS3. The van der Waals surface area contributed by atoms with Crippen LogP contribution in [0.25, 0.3) is 0 Å². The smallest absolute Gasteiger partial charge is 0.118 e. The van der Waals surface area contributed by atoms with Crippen LogP contribution < -0.4 is 4.74 Å². The summed E-state index contributed by atoms with van der Waals surface area (Å²) < 4.78 is 5.50. The van der Waals surface area contributed by atoms with Gasteiger partial charge >= 0.3 is 0 Å². The highest BCUT2D eigenvalue weighted by Crippen LogP contribution is 2.46. The maximum atomic E-state index is 5.17. The fourth-order valence-corrected chi connectivity index (χ4v) is 4.90. The third kappa shape index (κ3) is 4.63. The largest absolute Gasteiger partial charge is 0.497 e. The Morgan fingerprint density at radius 3 is 2.00 bits per heavy atom. The van der Waals surface area contributed by atoms with Crippen LogP contribution in [0.2, 0.25) is 0 Å². The lowest BCUT2D eigenvalue weighted by Crippen LogP contribution is -2.13. The van der Waals surface area contributed by atoms with E-state index in [4.69, 9.17) is 4.74 Å². The monoisotopic (exact) mass is 302 g/mol. The number of aryl methyl sites for hydroxylation is 1. The van der Waals surface area contributed by atoms with Gasteiger partial charge in [0.05, 0.1) is 7.11 Å². The van der Waals surface area contributed by atoms with E-state index in [1.807, 2.05) is 47.4 Å². The van der Waals surface area contributed by atoms with Crippen LogP contribution in [0.15, 0.2) is 24.3 Å². The summed E-state index contributed by atoms with van der Waals surface area (Å²) in [5.74, 6) is 0.936. The van der Waals surface area contributed by atoms with E-state index in [9.17, 15) is 0 Å². The Hall–Kier alpha value is 0.0700. The molecule has 1 aromatic carbocycles. The molecule has 1 nitrogen and oxygen atoms in total. The van der Waals surface area contributed by atoms with Gasteiger partial charge in [-0.15, -0.1) is 35.3 Å². The lowest BCUT2D eigenvalue weighted by atomic mass is 10.1. The second kappa shape index (κ2) is 8.28. The Morgan fingerprint density at radius 2 is 1.56 bits per heavy atom. The van der Waals surface area contributed by atoms with Gasteiger partial charge in [-0.05, 0) is 55.7 Å². The van der Waals surface area contributed by atoms with Crippen molar-refractivity contribution in [1.29, 1.82) is 0 Å². The van der Waals surface area contributed by atoms with Crippen LogP contribution in [0, 0.1) is 0 Å². The fraction of sp³-hybridized carbons (Fsp3) is 0.571. The van der Waals surface area contributed by atoms with Gasteiger partial charge in [-0.25, -0.2) is 0 Å². The second-order valence-corrected chi connectivity index (χ2v) is 8.09. The highest BCUT2D eigenvalue weighted by atomic mass is 32.3. The molecule has 0 spiro atoms. The molecule has 0 saturated carbocycles. The first-order chi connectivity index (χ1) is 8.69. The predicted octanol–water partition coefficient (Wildman–Crippen LogP) is 4.76. The predicted molar refractivity (Wildman–Crippen MR) is 89.2 cm³/mol. The van der Waals surface area contributed by atoms with Gasteiger partial charge < -0.3 is 4.74 Å². The van der Waals surface area contributed by atoms with Crippen molar-refractivity contribution >= 4 is 35.3 Å². The van der Waals surface area contributed by atoms with Crippen LogP contribution in [-0.4, -0.2) is 29.3 Å². The number of methoxy groups -OCH3 is 1. The van der Waals surface area contributed by atoms with Crippen LogP contribution >= 0.6 is 35.3 Å². The Kier molecular flexibility index (Phi) is 7.42. The molecule has 0 heterocycles. The third-order valence-electron chi connectivity index (χ3n) is 3.04. The molecule has 0 radical (unpaired) electrons. The van der Waals surface area contributed by atoms with Crippen LogP contribution in [0.3, 0.4) is 0 Å². The molecule has 0 N–H and O–H groups in total. The number of rotatable bonds is 8. The van der Waals surface area contributed by atoms with Crippen molar-refractivity contribution in [2.75, 3.05) is 25.9 Å². The van der Waals surface area contributed by atoms with Gasteiger partial charge in [-0.3, -0.25) is 0 Å². The van der Waals surface area contributed by atoms with E-state index in [1.165, 1.54) is 18.4 Å². The first-order valence-corrected chi connectivity index (χ1v) is 9.65. The van der Waals surface area contributed by atoms with Crippen molar-refractivity contribution in [2.24, 2.45) is 0 Å². The summed E-state index contributed by atoms with van der Waals surface area (Å²) in [6, 6.07) is 8.41. The van der Waals surface area contributed by atoms with Crippen LogP contribution in [0.1, 0.15) is 18.4 Å². The van der Waals surface area contributed by atoms with E-state index in [2.05, 4.69) is 30.9 Å². The molecule has 102 valence electrons. The first-order valence-electron chi connectivity index (χ1n) is 5.98. The average molecular weight is 303 g/mol. The van der Waals surface area contributed by atoms with Gasteiger partial charge in [0.25, 0.3) is 0 Å². The van der Waals surface area contributed by atoms with Gasteiger partial charge in [0.2, 0.25) is 0 Å². The summed E-state index contributed by atoms with van der Waals surface area (Å²) >= 11 is 5.89. The first kappa shape index (κ1) is 16.1. The van der Waals surface area contributed by atoms with E-state index in [-0.39, 0.29) is 0 Å². The Morgan fingerprint density at radius 1 is 1.00 bits per heavy atom. The molecule has 0 aliphatic heterocycles. The quantitative estimate of drug-likeness (QED) is 0.640. The Balaban J connectivity index is 2.44. The summed E-state index contributed by atoms with van der Waals surface area (Å²) in [5.41, 5.74) is 1.40. The maximum absolute atomic E-state index is 5.17. The summed E-state index contributed by atoms with van der Waals surface area (Å²) in [7, 11) is 1.71. The highest BCUT2D eigenvalue weighted by molar-refractivity contribution is 8.33. The molecule has 18 heavy (non-hydrogen) atoms. The fourth-order valence-electron chi connectivity index (χ4n) is 1.86. The van der Waals surface area contributed by atoms with Gasteiger partial charge in [-0.2, -0.15) is 0 Å². The molecule has 0 atom stereocenters. The molecule has 0 aromatic heterocycles. The number of benzene rings is 1. The molecule has 4 heteroatoms. The molecule has 1 aromatic rings. The van der Waals surface area contributed by atoms with E-state index in [0.29, 0.717) is 3.41 Å². The topological polar surface area (TPSA) is 9.23 Å².